The summed E-state index contributed by atoms with van der Waals surface area (Å²) in [6.45, 7) is 4.08. The van der Waals surface area contributed by atoms with Crippen LogP contribution in [0.15, 0.2) is 42.5 Å². The molecule has 1 unspecified atom stereocenters. The third-order valence-corrected chi connectivity index (χ3v) is 3.46. The average molecular weight is 290 g/mol. The monoisotopic (exact) mass is 289 g/mol. The van der Waals surface area contributed by atoms with Crippen LogP contribution in [0.4, 0.5) is 0 Å². The molecule has 106 valence electrons. The Bertz CT molecular complexity index is 581. The molecule has 2 rings (SSSR count). The van der Waals surface area contributed by atoms with Crippen molar-refractivity contribution < 1.29 is 4.74 Å². The highest BCUT2D eigenvalue weighted by atomic mass is 35.5. The van der Waals surface area contributed by atoms with Gasteiger partial charge >= 0.3 is 0 Å². The van der Waals surface area contributed by atoms with Gasteiger partial charge < -0.3 is 10.5 Å². The molecule has 0 fully saturated rings. The first kappa shape index (κ1) is 14.9. The van der Waals surface area contributed by atoms with E-state index < -0.39 is 0 Å². The lowest BCUT2D eigenvalue weighted by atomic mass is 10.1. The van der Waals surface area contributed by atoms with Crippen molar-refractivity contribution in [3.63, 3.8) is 0 Å². The summed E-state index contributed by atoms with van der Waals surface area (Å²) < 4.78 is 5.90. The zero-order valence-corrected chi connectivity index (χ0v) is 12.7. The molecule has 0 aromatic heterocycles. The van der Waals surface area contributed by atoms with Crippen molar-refractivity contribution in [3.8, 4) is 11.5 Å². The summed E-state index contributed by atoms with van der Waals surface area (Å²) in [7, 11) is 0. The van der Waals surface area contributed by atoms with E-state index >= 15 is 0 Å². The second-order valence-electron chi connectivity index (χ2n) is 5.04. The van der Waals surface area contributed by atoms with E-state index in [1.165, 1.54) is 5.56 Å². The molecule has 2 aromatic carbocycles. The maximum absolute atomic E-state index is 6.11. The second-order valence-corrected chi connectivity index (χ2v) is 5.44. The first-order chi connectivity index (χ1) is 9.58. The van der Waals surface area contributed by atoms with E-state index in [2.05, 4.69) is 13.0 Å². The largest absolute Gasteiger partial charge is 0.457 e. The van der Waals surface area contributed by atoms with Gasteiger partial charge in [-0.25, -0.2) is 0 Å². The molecule has 0 saturated heterocycles. The van der Waals surface area contributed by atoms with E-state index in [1.807, 2.05) is 43.3 Å². The second kappa shape index (κ2) is 6.78. The lowest BCUT2D eigenvalue weighted by molar-refractivity contribution is 0.481. The summed E-state index contributed by atoms with van der Waals surface area (Å²) in [5, 5.41) is 0.783. The van der Waals surface area contributed by atoms with Crippen LogP contribution in [0.3, 0.4) is 0 Å². The molecule has 3 heteroatoms. The first-order valence-corrected chi connectivity index (χ1v) is 7.27. The molecule has 0 heterocycles. The SMILES string of the molecule is CCc1cc(Oc2cccc(CC(C)N)c2)ccc1Cl. The van der Waals surface area contributed by atoms with Gasteiger partial charge in [-0.05, 0) is 61.2 Å². The maximum atomic E-state index is 6.11. The molecule has 0 amide bonds. The Hall–Kier alpha value is -1.51. The van der Waals surface area contributed by atoms with Gasteiger partial charge in [0.05, 0.1) is 0 Å². The third-order valence-electron chi connectivity index (χ3n) is 3.09. The molecule has 0 spiro atoms. The summed E-state index contributed by atoms with van der Waals surface area (Å²) in [4.78, 5) is 0. The topological polar surface area (TPSA) is 35.2 Å². The molecule has 0 aliphatic rings. The van der Waals surface area contributed by atoms with Gasteiger partial charge in [0.15, 0.2) is 0 Å². The molecular weight excluding hydrogens is 270 g/mol. The van der Waals surface area contributed by atoms with Crippen LogP contribution in [-0.4, -0.2) is 6.04 Å². The third kappa shape index (κ3) is 3.99. The number of rotatable bonds is 5. The Morgan fingerprint density at radius 3 is 2.60 bits per heavy atom. The maximum Gasteiger partial charge on any atom is 0.127 e. The fraction of sp³-hybridized carbons (Fsp3) is 0.294. The molecule has 2 aromatic rings. The zero-order valence-electron chi connectivity index (χ0n) is 11.9. The van der Waals surface area contributed by atoms with Crippen molar-refractivity contribution in [1.82, 2.24) is 0 Å². The number of halogens is 1. The van der Waals surface area contributed by atoms with Crippen molar-refractivity contribution >= 4 is 11.6 Å². The minimum Gasteiger partial charge on any atom is -0.457 e. The Balaban J connectivity index is 2.17. The predicted molar refractivity (Wildman–Crippen MR) is 84.7 cm³/mol. The highest BCUT2D eigenvalue weighted by molar-refractivity contribution is 6.31. The molecule has 0 bridgehead atoms. The number of hydrogen-bond acceptors (Lipinski definition) is 2. The van der Waals surface area contributed by atoms with Gasteiger partial charge in [-0.3, -0.25) is 0 Å². The molecule has 0 radical (unpaired) electrons. The van der Waals surface area contributed by atoms with E-state index in [-0.39, 0.29) is 6.04 Å². The molecule has 0 saturated carbocycles. The van der Waals surface area contributed by atoms with Crippen LogP contribution in [0.1, 0.15) is 25.0 Å². The Kier molecular flexibility index (Phi) is 5.05. The van der Waals surface area contributed by atoms with Crippen LogP contribution in [-0.2, 0) is 12.8 Å². The summed E-state index contributed by atoms with van der Waals surface area (Å²) in [5.41, 5.74) is 8.10. The molecule has 1 atom stereocenters. The summed E-state index contributed by atoms with van der Waals surface area (Å²) >= 11 is 6.11. The van der Waals surface area contributed by atoms with E-state index in [0.29, 0.717) is 0 Å². The summed E-state index contributed by atoms with van der Waals surface area (Å²) in [6, 6.07) is 13.9. The minimum atomic E-state index is 0.146. The molecular formula is C17H20ClNO. The van der Waals surface area contributed by atoms with Crippen LogP contribution in [0.5, 0.6) is 11.5 Å². The van der Waals surface area contributed by atoms with Gasteiger partial charge in [0, 0.05) is 11.1 Å². The average Bonchev–Trinajstić information content (AvgIpc) is 2.40. The predicted octanol–water partition coefficient (Wildman–Crippen LogP) is 4.58. The van der Waals surface area contributed by atoms with Gasteiger partial charge in [-0.15, -0.1) is 0 Å². The fourth-order valence-corrected chi connectivity index (χ4v) is 2.38. The van der Waals surface area contributed by atoms with Crippen LogP contribution >= 0.6 is 11.6 Å². The standard InChI is InChI=1S/C17H20ClNO/c1-3-14-11-16(7-8-17(14)18)20-15-6-4-5-13(10-15)9-12(2)19/h4-8,10-12H,3,9,19H2,1-2H3. The van der Waals surface area contributed by atoms with Crippen molar-refractivity contribution in [2.24, 2.45) is 5.73 Å². The quantitative estimate of drug-likeness (QED) is 0.874. The number of aryl methyl sites for hydroxylation is 1. The highest BCUT2D eigenvalue weighted by Crippen LogP contribution is 2.27. The van der Waals surface area contributed by atoms with Gasteiger partial charge in [-0.1, -0.05) is 30.7 Å². The fourth-order valence-electron chi connectivity index (χ4n) is 2.13. The van der Waals surface area contributed by atoms with Crippen LogP contribution in [0, 0.1) is 0 Å². The molecule has 0 aliphatic carbocycles. The number of ether oxygens (including phenoxy) is 1. The molecule has 20 heavy (non-hydrogen) atoms. The number of nitrogens with two attached hydrogens (primary N) is 1. The van der Waals surface area contributed by atoms with E-state index in [4.69, 9.17) is 22.1 Å². The molecule has 0 aliphatic heterocycles. The smallest absolute Gasteiger partial charge is 0.127 e. The van der Waals surface area contributed by atoms with Gasteiger partial charge in [0.25, 0.3) is 0 Å². The Morgan fingerprint density at radius 2 is 1.90 bits per heavy atom. The Morgan fingerprint density at radius 1 is 1.15 bits per heavy atom. The van der Waals surface area contributed by atoms with Crippen molar-refractivity contribution in [1.29, 1.82) is 0 Å². The van der Waals surface area contributed by atoms with Gasteiger partial charge in [-0.2, -0.15) is 0 Å². The number of hydrogen-bond donors (Lipinski definition) is 1. The van der Waals surface area contributed by atoms with Gasteiger partial charge in [0.2, 0.25) is 0 Å². The van der Waals surface area contributed by atoms with E-state index in [1.54, 1.807) is 0 Å². The Labute approximate surface area is 125 Å². The van der Waals surface area contributed by atoms with E-state index in [9.17, 15) is 0 Å². The highest BCUT2D eigenvalue weighted by Gasteiger charge is 2.04. The zero-order chi connectivity index (χ0) is 14.5. The van der Waals surface area contributed by atoms with Crippen LogP contribution < -0.4 is 10.5 Å². The summed E-state index contributed by atoms with van der Waals surface area (Å²) in [6.07, 6.45) is 1.73. The van der Waals surface area contributed by atoms with Crippen LogP contribution in [0.25, 0.3) is 0 Å². The number of benzene rings is 2. The van der Waals surface area contributed by atoms with Crippen molar-refractivity contribution in [2.45, 2.75) is 32.7 Å². The van der Waals surface area contributed by atoms with Crippen molar-refractivity contribution in [2.75, 3.05) is 0 Å². The summed E-state index contributed by atoms with van der Waals surface area (Å²) in [5.74, 6) is 1.64. The van der Waals surface area contributed by atoms with Crippen molar-refractivity contribution in [3.05, 3.63) is 58.6 Å². The minimum absolute atomic E-state index is 0.146. The lowest BCUT2D eigenvalue weighted by Gasteiger charge is -2.10. The normalized spacial score (nSPS) is 12.2. The van der Waals surface area contributed by atoms with E-state index in [0.717, 1.165) is 34.9 Å². The molecule has 2 nitrogen and oxygen atoms in total. The van der Waals surface area contributed by atoms with Crippen LogP contribution in [0.2, 0.25) is 5.02 Å². The lowest BCUT2D eigenvalue weighted by Crippen LogP contribution is -2.17. The molecule has 2 N–H and O–H groups in total. The first-order valence-electron chi connectivity index (χ1n) is 6.89. The van der Waals surface area contributed by atoms with Gasteiger partial charge in [0.1, 0.15) is 11.5 Å².